The molecular formula is C72H105N9O50. The summed E-state index contributed by atoms with van der Waals surface area (Å²) in [6.07, 6.45) is -46.8. The van der Waals surface area contributed by atoms with Crippen molar-refractivity contribution in [1.82, 2.24) is 41.7 Å². The number of carbonyl (C=O) groups excluding carboxylic acids is 11. The van der Waals surface area contributed by atoms with Gasteiger partial charge >= 0.3 is 41.9 Å². The largest absolute Gasteiger partial charge is 0.477 e. The fourth-order valence-corrected chi connectivity index (χ4v) is 15.4. The molecule has 0 spiro atoms. The van der Waals surface area contributed by atoms with Gasteiger partial charge in [0.15, 0.2) is 0 Å². The van der Waals surface area contributed by atoms with Crippen molar-refractivity contribution in [3.05, 3.63) is 24.3 Å². The third-order valence-corrected chi connectivity index (χ3v) is 21.4. The van der Waals surface area contributed by atoms with Crippen LogP contribution in [-0.2, 0) is 129 Å². The maximum absolute atomic E-state index is 13.1. The second-order valence-electron chi connectivity index (χ2n) is 31.0. The highest BCUT2D eigenvalue weighted by molar-refractivity contribution is 6.21. The molecular weight excluding hydrogens is 1790 g/mol. The molecule has 0 aliphatic carbocycles. The summed E-state index contributed by atoms with van der Waals surface area (Å²) in [4.78, 5) is 205. The lowest BCUT2D eigenvalue weighted by molar-refractivity contribution is -0.353. The van der Waals surface area contributed by atoms with Crippen LogP contribution in [0.4, 0.5) is 4.79 Å². The topological polar surface area (TPSA) is 941 Å². The number of amides is 11. The lowest BCUT2D eigenvalue weighted by Gasteiger charge is -2.50. The maximum atomic E-state index is 13.1. The van der Waals surface area contributed by atoms with Gasteiger partial charge in [-0.05, 0) is 0 Å². The van der Waals surface area contributed by atoms with Gasteiger partial charge in [0, 0.05) is 111 Å². The number of hydrogen-bond donors (Lipinski definition) is 29. The van der Waals surface area contributed by atoms with Gasteiger partial charge in [-0.3, -0.25) is 52.8 Å². The fraction of sp³-hybridized carbons (Fsp3) is 0.708. The zero-order chi connectivity index (χ0) is 99.3. The Morgan fingerprint density at radius 2 is 0.603 bits per heavy atom. The van der Waals surface area contributed by atoms with E-state index in [0.717, 1.165) is 73.0 Å². The van der Waals surface area contributed by atoms with E-state index in [9.17, 15) is 194 Å². The van der Waals surface area contributed by atoms with Gasteiger partial charge in [0.1, 0.15) is 79.4 Å². The van der Waals surface area contributed by atoms with Crippen molar-refractivity contribution in [2.75, 3.05) is 46.6 Å². The van der Waals surface area contributed by atoms with E-state index in [-0.39, 0.29) is 0 Å². The zero-order valence-electron chi connectivity index (χ0n) is 70.0. The van der Waals surface area contributed by atoms with Crippen molar-refractivity contribution in [1.29, 1.82) is 0 Å². The predicted molar refractivity (Wildman–Crippen MR) is 405 cm³/mol. The van der Waals surface area contributed by atoms with Crippen molar-refractivity contribution in [3.8, 4) is 0 Å². The van der Waals surface area contributed by atoms with Crippen molar-refractivity contribution < 1.29 is 246 Å². The number of ether oxygens (including phenoxy) is 11. The third-order valence-electron chi connectivity index (χ3n) is 21.4. The quantitative estimate of drug-likeness (QED) is 0.0262. The Kier molecular flexibility index (Phi) is 37.6. The van der Waals surface area contributed by atoms with Gasteiger partial charge in [-0.25, -0.2) is 33.6 Å². The molecule has 11 amide bonds. The molecule has 30 N–H and O–H groups in total. The molecule has 0 aromatic carbocycles. The second-order valence-corrected chi connectivity index (χ2v) is 31.0. The summed E-state index contributed by atoms with van der Waals surface area (Å²) in [5.41, 5.74) is 5.71. The normalized spacial score (nSPS) is 35.3. The molecule has 59 heteroatoms. The number of aliphatic carboxylic acids is 6. The molecule has 32 unspecified atom stereocenters. The van der Waals surface area contributed by atoms with Crippen LogP contribution < -0.4 is 37.6 Å². The van der Waals surface area contributed by atoms with Gasteiger partial charge in [0.25, 0.3) is 58.4 Å². The molecule has 0 aromatic heterocycles. The Bertz CT molecular complexity index is 4240. The van der Waals surface area contributed by atoms with E-state index in [1.807, 2.05) is 0 Å². The van der Waals surface area contributed by atoms with Crippen molar-refractivity contribution in [2.45, 2.75) is 273 Å². The predicted octanol–water partition coefficient (Wildman–Crippen LogP) is -16.9. The van der Waals surface area contributed by atoms with E-state index in [0.29, 0.717) is 9.80 Å². The number of imide groups is 4. The number of aliphatic hydroxyl groups is 16. The van der Waals surface area contributed by atoms with E-state index in [4.69, 9.17) is 53.1 Å². The number of aliphatic hydroxyl groups excluding tert-OH is 14. The molecule has 738 valence electrons. The highest BCUT2D eigenvalue weighted by atomic mass is 16.8. The van der Waals surface area contributed by atoms with E-state index >= 15 is 0 Å². The monoisotopic (exact) mass is 1900 g/mol. The number of carboxylic acid groups (broad SMARTS) is 6. The molecule has 6 saturated heterocycles. The lowest BCUT2D eigenvalue weighted by Crippen LogP contribution is -2.71. The van der Waals surface area contributed by atoms with Gasteiger partial charge in [-0.2, -0.15) is 4.90 Å². The molecule has 8 heterocycles. The Hall–Kier alpha value is -10.2. The Morgan fingerprint density at radius 1 is 0.374 bits per heavy atom. The van der Waals surface area contributed by atoms with Crippen LogP contribution in [0.1, 0.15) is 80.1 Å². The first kappa shape index (κ1) is 110. The van der Waals surface area contributed by atoms with Crippen molar-refractivity contribution in [3.63, 3.8) is 0 Å². The van der Waals surface area contributed by atoms with E-state index in [2.05, 4.69) is 36.6 Å². The smallest absolute Gasteiger partial charge is 0.423 e. The first-order chi connectivity index (χ1) is 60.8. The second kappa shape index (κ2) is 45.0. The SMILES string of the molecule is CC(=O)NC1C(O)CC(OC(CO)C(O)C2OC(OC(CO)C(O)C3OC(O)(C(=O)O)CC(O)C3NC(C)=O)(C(=O)O)CC(O)C2NC(C)=O)(C(=O)O)OC1CN.CC(=O)NC1C(O)CC(OC(CO)C(O)C2OC(OC(CO)C(O)C3OC(O)(C(=O)O)CC(O)C3NC(C)=O)(C(=O)O)CC(O)C2NC(C)=O)(C(=O)O)OC1CN1C(=O)C=CC1=O.COC(=O)N1C(=O)C=CC1=O. The Labute approximate surface area is 736 Å². The number of carbonyl (C=O) groups is 17. The summed E-state index contributed by atoms with van der Waals surface area (Å²) >= 11 is 0. The minimum Gasteiger partial charge on any atom is -0.477 e. The van der Waals surface area contributed by atoms with E-state index < -0.39 is 372 Å². The summed E-state index contributed by atoms with van der Waals surface area (Å²) in [5, 5.41) is 249. The Morgan fingerprint density at radius 3 is 0.847 bits per heavy atom. The average Bonchev–Trinajstić information content (AvgIpc) is 0.938. The van der Waals surface area contributed by atoms with Crippen LogP contribution in [0, 0.1) is 0 Å². The standard InChI is InChI=1S/C35H50N4O24.C31H50N4O22.C6H5NO4/c1-12(42)36-23-16(46)7-34(31(54)55,59-18(23)9-39-21(48)4-5-22(39)49)60-20(11-41)27(51)29-25(38-14(3)44)17(47)8-35(63-29,32(56)57)61-19(10-40)26(50)28-24(37-13(2)43)15(45)6-33(58,62-28)30(52)53;1-10(38)33-19-14(42)5-30(27(48)49,53-16(19)7-32)54-18(9-37)23(45)25-21(35-12(3)40)15(43)6-31(57-25,28(50)51)55-17(8-36)22(44)24-20(34-11(2)39)13(41)4-29(52,56-24)26(46)47;1-11-6(10)7-4(8)2-3-5(7)9/h4-5,15-20,23-29,40-41,45-47,50-51,58H,6-11H2,1-3H3,(H,36,42)(H,37,43)(H,38,44)(H,52,53)(H,54,55)(H,56,57);13-25,36-37,41-45,52H,4-9,32H2,1-3H3,(H,33,38)(H,34,39)(H,35,40)(H,46,47)(H,48,49)(H,50,51);2-3H,1H3. The molecule has 8 aliphatic rings. The summed E-state index contributed by atoms with van der Waals surface area (Å²) in [6.45, 7) is -0.929. The number of rotatable bonds is 35. The molecule has 32 atom stereocenters. The van der Waals surface area contributed by atoms with Gasteiger partial charge in [0.2, 0.25) is 35.4 Å². The maximum Gasteiger partial charge on any atom is 0.423 e. The van der Waals surface area contributed by atoms with Crippen LogP contribution in [-0.4, -0.2) is 463 Å². The number of nitrogens with two attached hydrogens (primary N) is 1. The van der Waals surface area contributed by atoms with Crippen LogP contribution >= 0.6 is 0 Å². The first-order valence-electron chi connectivity index (χ1n) is 39.2. The zero-order valence-corrected chi connectivity index (χ0v) is 70.0. The van der Waals surface area contributed by atoms with Crippen LogP contribution in [0.15, 0.2) is 24.3 Å². The Balaban J connectivity index is 0.000000361. The number of nitrogens with zero attached hydrogens (tertiary/aromatic N) is 2. The molecule has 0 aromatic rings. The van der Waals surface area contributed by atoms with Crippen LogP contribution in [0.5, 0.6) is 0 Å². The lowest BCUT2D eigenvalue weighted by atomic mass is 9.87. The molecule has 8 aliphatic heterocycles. The van der Waals surface area contributed by atoms with Crippen molar-refractivity contribution >= 4 is 101 Å². The van der Waals surface area contributed by atoms with Crippen LogP contribution in [0.25, 0.3) is 0 Å². The van der Waals surface area contributed by atoms with Gasteiger partial charge in [-0.15, -0.1) is 0 Å². The number of nitrogens with one attached hydrogen (secondary N) is 6. The van der Waals surface area contributed by atoms with Gasteiger partial charge in [0.05, 0.1) is 119 Å². The number of methoxy groups -OCH3 is 1. The molecule has 8 rings (SSSR count). The fourth-order valence-electron chi connectivity index (χ4n) is 15.4. The summed E-state index contributed by atoms with van der Waals surface area (Å²) in [7, 11) is 1.10. The average molecular weight is 1900 g/mol. The highest BCUT2D eigenvalue weighted by Crippen LogP contribution is 2.43. The molecule has 59 nitrogen and oxygen atoms in total. The molecule has 0 saturated carbocycles. The van der Waals surface area contributed by atoms with E-state index in [1.165, 1.54) is 0 Å². The molecule has 6 fully saturated rings. The summed E-state index contributed by atoms with van der Waals surface area (Å²) < 4.78 is 59.3. The van der Waals surface area contributed by atoms with Gasteiger partial charge < -0.3 is 202 Å². The molecule has 131 heavy (non-hydrogen) atoms. The minimum atomic E-state index is -3.34. The van der Waals surface area contributed by atoms with E-state index in [1.54, 1.807) is 0 Å². The van der Waals surface area contributed by atoms with Crippen LogP contribution in [0.3, 0.4) is 0 Å². The first-order valence-corrected chi connectivity index (χ1v) is 39.2. The van der Waals surface area contributed by atoms with Crippen molar-refractivity contribution in [2.24, 2.45) is 5.73 Å². The summed E-state index contributed by atoms with van der Waals surface area (Å²) in [6, 6.07) is -9.92. The number of hydrogen-bond acceptors (Lipinski definition) is 45. The highest BCUT2D eigenvalue weighted by Gasteiger charge is 2.65. The number of carboxylic acids is 6. The molecule has 0 radical (unpaired) electrons. The third kappa shape index (κ3) is 25.4. The minimum absolute atomic E-state index is 0.417. The summed E-state index contributed by atoms with van der Waals surface area (Å²) in [5.74, 6) is -39.6. The van der Waals surface area contributed by atoms with Crippen LogP contribution in [0.2, 0.25) is 0 Å². The molecule has 0 bridgehead atoms. The van der Waals surface area contributed by atoms with Gasteiger partial charge in [-0.1, -0.05) is 0 Å².